The van der Waals surface area contributed by atoms with Crippen LogP contribution < -0.4 is 0 Å². The predicted molar refractivity (Wildman–Crippen MR) is 152 cm³/mol. The Hall–Kier alpha value is -5.12. The number of phenolic OH excluding ortho intramolecular Hbond substituents is 6. The number of phenols is 6. The van der Waals surface area contributed by atoms with Crippen LogP contribution in [0, 0.1) is 5.92 Å². The maximum atomic E-state index is 12.6. The third kappa shape index (κ3) is 8.18. The van der Waals surface area contributed by atoms with Crippen LogP contribution in [0.4, 0.5) is 0 Å². The molecular weight excluding hydrogens is 532 g/mol. The van der Waals surface area contributed by atoms with Crippen LogP contribution in [0.2, 0.25) is 0 Å². The van der Waals surface area contributed by atoms with Crippen LogP contribution in [0.3, 0.4) is 0 Å². The van der Waals surface area contributed by atoms with E-state index in [0.717, 1.165) is 6.08 Å². The summed E-state index contributed by atoms with van der Waals surface area (Å²) >= 11 is 0. The standard InChI is InChI=1S/C31H32O10/c1-17(2)3-8-22-21(9-4-18-5-10-23(32)25(34)13-18)20(16-27(36)30(22)38)7-12-29(37)41-28(31(39)40)15-19-6-11-24(33)26(35)14-19/h4-7,9-14,16-17,28,32-36,38H,3,8,15H2,1-2H3,(H,39,40)/b9-4+,12-7+/t28-/m1/s1. The van der Waals surface area contributed by atoms with Crippen molar-refractivity contribution in [3.63, 3.8) is 0 Å². The maximum absolute atomic E-state index is 12.6. The minimum Gasteiger partial charge on any atom is -0.504 e. The van der Waals surface area contributed by atoms with Crippen LogP contribution in [0.15, 0.2) is 48.5 Å². The van der Waals surface area contributed by atoms with Gasteiger partial charge in [0, 0.05) is 18.1 Å². The lowest BCUT2D eigenvalue weighted by Crippen LogP contribution is -2.28. The van der Waals surface area contributed by atoms with Gasteiger partial charge in [0.05, 0.1) is 0 Å². The Morgan fingerprint density at radius 3 is 2.07 bits per heavy atom. The summed E-state index contributed by atoms with van der Waals surface area (Å²) in [6.07, 6.45) is 4.77. The van der Waals surface area contributed by atoms with Gasteiger partial charge in [0.2, 0.25) is 6.10 Å². The molecule has 0 amide bonds. The van der Waals surface area contributed by atoms with Crippen LogP contribution in [0.1, 0.15) is 48.1 Å². The summed E-state index contributed by atoms with van der Waals surface area (Å²) in [5.41, 5.74) is 2.05. The number of carbonyl (C=O) groups excluding carboxylic acids is 1. The summed E-state index contributed by atoms with van der Waals surface area (Å²) < 4.78 is 5.11. The second-order valence-electron chi connectivity index (χ2n) is 9.86. The smallest absolute Gasteiger partial charge is 0.345 e. The van der Waals surface area contributed by atoms with Crippen molar-refractivity contribution < 1.29 is 50.1 Å². The Morgan fingerprint density at radius 2 is 1.46 bits per heavy atom. The molecule has 0 aromatic heterocycles. The molecule has 1 atom stereocenters. The van der Waals surface area contributed by atoms with Crippen molar-refractivity contribution >= 4 is 30.2 Å². The van der Waals surface area contributed by atoms with E-state index in [9.17, 15) is 45.3 Å². The van der Waals surface area contributed by atoms with Crippen molar-refractivity contribution in [1.29, 1.82) is 0 Å². The van der Waals surface area contributed by atoms with Crippen LogP contribution in [0.25, 0.3) is 18.2 Å². The van der Waals surface area contributed by atoms with E-state index in [-0.39, 0.29) is 35.3 Å². The van der Waals surface area contributed by atoms with E-state index in [0.29, 0.717) is 40.7 Å². The first-order valence-electron chi connectivity index (χ1n) is 12.8. The summed E-state index contributed by atoms with van der Waals surface area (Å²) in [7, 11) is 0. The van der Waals surface area contributed by atoms with E-state index in [2.05, 4.69) is 0 Å². The molecule has 10 heteroatoms. The number of carboxylic acid groups (broad SMARTS) is 1. The first-order valence-corrected chi connectivity index (χ1v) is 12.8. The third-order valence-corrected chi connectivity index (χ3v) is 6.26. The van der Waals surface area contributed by atoms with Crippen molar-refractivity contribution in [2.75, 3.05) is 0 Å². The van der Waals surface area contributed by atoms with Gasteiger partial charge in [-0.3, -0.25) is 0 Å². The molecule has 41 heavy (non-hydrogen) atoms. The van der Waals surface area contributed by atoms with Crippen molar-refractivity contribution in [3.8, 4) is 34.5 Å². The monoisotopic (exact) mass is 564 g/mol. The Bertz CT molecular complexity index is 1490. The van der Waals surface area contributed by atoms with E-state index in [1.165, 1.54) is 42.5 Å². The van der Waals surface area contributed by atoms with Gasteiger partial charge in [0.15, 0.2) is 34.5 Å². The molecule has 3 aromatic carbocycles. The zero-order valence-electron chi connectivity index (χ0n) is 22.5. The molecule has 0 saturated heterocycles. The van der Waals surface area contributed by atoms with E-state index >= 15 is 0 Å². The first-order chi connectivity index (χ1) is 19.3. The lowest BCUT2D eigenvalue weighted by Gasteiger charge is -2.15. The Morgan fingerprint density at radius 1 is 0.805 bits per heavy atom. The number of rotatable bonds is 11. The summed E-state index contributed by atoms with van der Waals surface area (Å²) in [5.74, 6) is -4.29. The van der Waals surface area contributed by atoms with Crippen LogP contribution in [0.5, 0.6) is 34.5 Å². The largest absolute Gasteiger partial charge is 0.504 e. The molecule has 0 aliphatic rings. The molecule has 3 aromatic rings. The van der Waals surface area contributed by atoms with Gasteiger partial charge < -0.3 is 40.5 Å². The molecule has 0 spiro atoms. The van der Waals surface area contributed by atoms with Gasteiger partial charge in [-0.05, 0) is 77.4 Å². The zero-order chi connectivity index (χ0) is 30.3. The number of ether oxygens (including phenoxy) is 1. The molecule has 0 fully saturated rings. The van der Waals surface area contributed by atoms with Crippen molar-refractivity contribution in [1.82, 2.24) is 0 Å². The number of esters is 1. The molecule has 0 saturated carbocycles. The highest BCUT2D eigenvalue weighted by Crippen LogP contribution is 2.37. The molecule has 216 valence electrons. The Labute approximate surface area is 236 Å². The van der Waals surface area contributed by atoms with E-state index in [1.54, 1.807) is 18.2 Å². The van der Waals surface area contributed by atoms with Crippen LogP contribution >= 0.6 is 0 Å². The highest BCUT2D eigenvalue weighted by Gasteiger charge is 2.23. The van der Waals surface area contributed by atoms with Gasteiger partial charge in [-0.1, -0.05) is 38.1 Å². The van der Waals surface area contributed by atoms with Crippen molar-refractivity contribution in [2.45, 2.75) is 39.2 Å². The number of benzene rings is 3. The van der Waals surface area contributed by atoms with E-state index < -0.39 is 29.5 Å². The van der Waals surface area contributed by atoms with E-state index in [1.807, 2.05) is 13.8 Å². The molecule has 0 radical (unpaired) electrons. The number of carboxylic acids is 1. The average molecular weight is 565 g/mol. The number of carbonyl (C=O) groups is 2. The average Bonchev–Trinajstić information content (AvgIpc) is 2.91. The van der Waals surface area contributed by atoms with E-state index in [4.69, 9.17) is 4.74 Å². The number of hydrogen-bond acceptors (Lipinski definition) is 9. The molecule has 0 heterocycles. The molecule has 0 unspecified atom stereocenters. The normalized spacial score (nSPS) is 12.3. The van der Waals surface area contributed by atoms with Gasteiger partial charge >= 0.3 is 11.9 Å². The molecule has 0 bridgehead atoms. The zero-order valence-corrected chi connectivity index (χ0v) is 22.5. The fourth-order valence-electron chi connectivity index (χ4n) is 4.02. The highest BCUT2D eigenvalue weighted by molar-refractivity contribution is 5.91. The second-order valence-corrected chi connectivity index (χ2v) is 9.86. The maximum Gasteiger partial charge on any atom is 0.345 e. The second kappa shape index (κ2) is 13.3. The van der Waals surface area contributed by atoms with Crippen molar-refractivity contribution in [3.05, 3.63) is 76.4 Å². The van der Waals surface area contributed by atoms with Crippen LogP contribution in [-0.2, 0) is 27.2 Å². The first kappa shape index (κ1) is 30.4. The quantitative estimate of drug-likeness (QED) is 0.0729. The number of aliphatic carboxylic acids is 1. The summed E-state index contributed by atoms with van der Waals surface area (Å²) in [5, 5.41) is 69.1. The predicted octanol–water partition coefficient (Wildman–Crippen LogP) is 4.93. The van der Waals surface area contributed by atoms with Gasteiger partial charge in [0.1, 0.15) is 0 Å². The van der Waals surface area contributed by atoms with Crippen molar-refractivity contribution in [2.24, 2.45) is 5.92 Å². The minimum absolute atomic E-state index is 0.268. The fraction of sp³-hybridized carbons (Fsp3) is 0.226. The molecular formula is C31H32O10. The van der Waals surface area contributed by atoms with Gasteiger partial charge in [-0.15, -0.1) is 0 Å². The molecule has 10 nitrogen and oxygen atoms in total. The minimum atomic E-state index is -1.59. The number of hydrogen-bond donors (Lipinski definition) is 7. The van der Waals surface area contributed by atoms with Gasteiger partial charge in [-0.2, -0.15) is 0 Å². The lowest BCUT2D eigenvalue weighted by atomic mass is 9.92. The highest BCUT2D eigenvalue weighted by atomic mass is 16.6. The third-order valence-electron chi connectivity index (χ3n) is 6.26. The topological polar surface area (TPSA) is 185 Å². The fourth-order valence-corrected chi connectivity index (χ4v) is 4.02. The molecule has 0 aliphatic heterocycles. The Kier molecular flexibility index (Phi) is 9.86. The summed E-state index contributed by atoms with van der Waals surface area (Å²) in [6.45, 7) is 4.01. The lowest BCUT2D eigenvalue weighted by molar-refractivity contribution is -0.160. The molecule has 7 N–H and O–H groups in total. The van der Waals surface area contributed by atoms with Gasteiger partial charge in [0.25, 0.3) is 0 Å². The Balaban J connectivity index is 1.93. The van der Waals surface area contributed by atoms with Gasteiger partial charge in [-0.25, -0.2) is 9.59 Å². The summed E-state index contributed by atoms with van der Waals surface area (Å²) in [4.78, 5) is 24.3. The summed E-state index contributed by atoms with van der Waals surface area (Å²) in [6, 6.07) is 9.21. The SMILES string of the molecule is CC(C)CCc1c(O)c(O)cc(/C=C/C(=O)O[C@H](Cc2ccc(O)c(O)c2)C(=O)O)c1/C=C/c1ccc(O)c(O)c1. The molecule has 0 aliphatic carbocycles. The number of aromatic hydroxyl groups is 6. The van der Waals surface area contributed by atoms with Crippen LogP contribution in [-0.4, -0.2) is 53.8 Å². The molecule has 3 rings (SSSR count).